The number of benzene rings is 2. The quantitative estimate of drug-likeness (QED) is 0.731. The number of ether oxygens (including phenoxy) is 2. The maximum Gasteiger partial charge on any atom is 0.262 e. The Bertz CT molecular complexity index is 909. The Morgan fingerprint density at radius 2 is 1.96 bits per heavy atom. The normalized spacial score (nSPS) is 10.4. The van der Waals surface area contributed by atoms with E-state index in [1.807, 2.05) is 32.0 Å². The number of anilines is 1. The second-order valence-corrected chi connectivity index (χ2v) is 5.76. The molecule has 8 nitrogen and oxygen atoms in total. The van der Waals surface area contributed by atoms with Crippen LogP contribution in [-0.4, -0.2) is 39.8 Å². The largest absolute Gasteiger partial charge is 0.497 e. The number of tetrazole rings is 1. The Labute approximate surface area is 150 Å². The van der Waals surface area contributed by atoms with Crippen LogP contribution in [0.25, 0.3) is 5.69 Å². The van der Waals surface area contributed by atoms with Crippen molar-refractivity contribution in [2.75, 3.05) is 19.0 Å². The number of aryl methyl sites for hydroxylation is 2. The third-order valence-corrected chi connectivity index (χ3v) is 3.87. The van der Waals surface area contributed by atoms with Crippen molar-refractivity contribution in [3.8, 4) is 17.2 Å². The average Bonchev–Trinajstić information content (AvgIpc) is 3.17. The minimum Gasteiger partial charge on any atom is -0.497 e. The molecule has 1 N–H and O–H groups in total. The van der Waals surface area contributed by atoms with Crippen LogP contribution in [0.3, 0.4) is 0 Å². The lowest BCUT2D eigenvalue weighted by Crippen LogP contribution is -2.20. The number of methoxy groups -OCH3 is 1. The van der Waals surface area contributed by atoms with E-state index in [2.05, 4.69) is 20.8 Å². The van der Waals surface area contributed by atoms with Gasteiger partial charge in [0.05, 0.1) is 12.8 Å². The highest BCUT2D eigenvalue weighted by molar-refractivity contribution is 5.92. The summed E-state index contributed by atoms with van der Waals surface area (Å²) in [5.41, 5.74) is 3.51. The van der Waals surface area contributed by atoms with Gasteiger partial charge < -0.3 is 14.8 Å². The molecule has 1 heterocycles. The molecule has 1 amide bonds. The lowest BCUT2D eigenvalue weighted by atomic mass is 10.1. The van der Waals surface area contributed by atoms with E-state index in [1.54, 1.807) is 25.3 Å². The molecule has 0 aliphatic heterocycles. The summed E-state index contributed by atoms with van der Waals surface area (Å²) in [6.07, 6.45) is 1.46. The first-order valence-electron chi connectivity index (χ1n) is 7.97. The molecule has 8 heteroatoms. The Kier molecular flexibility index (Phi) is 5.12. The minimum absolute atomic E-state index is 0.0973. The maximum absolute atomic E-state index is 12.2. The summed E-state index contributed by atoms with van der Waals surface area (Å²) in [7, 11) is 1.55. The van der Waals surface area contributed by atoms with Crippen molar-refractivity contribution in [2.24, 2.45) is 0 Å². The zero-order valence-electron chi connectivity index (χ0n) is 14.8. The fraction of sp³-hybridized carbons (Fsp3) is 0.222. The van der Waals surface area contributed by atoms with Crippen LogP contribution in [0.5, 0.6) is 11.5 Å². The molecular formula is C18H19N5O3. The molecule has 0 bridgehead atoms. The number of amides is 1. The number of aromatic nitrogens is 4. The Balaban J connectivity index is 1.68. The van der Waals surface area contributed by atoms with Gasteiger partial charge in [-0.1, -0.05) is 6.07 Å². The molecule has 3 aromatic rings. The first-order valence-corrected chi connectivity index (χ1v) is 7.97. The van der Waals surface area contributed by atoms with Crippen LogP contribution in [0.1, 0.15) is 11.1 Å². The van der Waals surface area contributed by atoms with Crippen molar-refractivity contribution in [1.82, 2.24) is 20.2 Å². The monoisotopic (exact) mass is 353 g/mol. The first-order chi connectivity index (χ1) is 12.5. The molecule has 3 rings (SSSR count). The molecule has 0 aliphatic rings. The van der Waals surface area contributed by atoms with Gasteiger partial charge in [-0.05, 0) is 53.6 Å². The minimum atomic E-state index is -0.279. The van der Waals surface area contributed by atoms with E-state index >= 15 is 0 Å². The molecule has 0 aliphatic carbocycles. The van der Waals surface area contributed by atoms with Gasteiger partial charge in [-0.25, -0.2) is 4.68 Å². The van der Waals surface area contributed by atoms with E-state index < -0.39 is 0 Å². The van der Waals surface area contributed by atoms with Gasteiger partial charge in [0.1, 0.15) is 17.8 Å². The molecule has 0 radical (unpaired) electrons. The maximum atomic E-state index is 12.2. The standard InChI is InChI=1S/C18H19N5O3/c1-12-4-5-16(6-13(12)2)26-10-18(24)20-14-7-15(9-17(8-14)25-3)23-11-19-21-22-23/h4-9,11H,10H2,1-3H3,(H,20,24). The van der Waals surface area contributed by atoms with Crippen molar-refractivity contribution in [3.05, 3.63) is 53.9 Å². The number of nitrogens with one attached hydrogen (secondary N) is 1. The fourth-order valence-electron chi connectivity index (χ4n) is 2.33. The highest BCUT2D eigenvalue weighted by Gasteiger charge is 2.09. The lowest BCUT2D eigenvalue weighted by Gasteiger charge is -2.11. The second-order valence-electron chi connectivity index (χ2n) is 5.76. The van der Waals surface area contributed by atoms with Gasteiger partial charge >= 0.3 is 0 Å². The summed E-state index contributed by atoms with van der Waals surface area (Å²) in [4.78, 5) is 12.2. The van der Waals surface area contributed by atoms with Gasteiger partial charge in [-0.3, -0.25) is 4.79 Å². The molecule has 0 fully saturated rings. The van der Waals surface area contributed by atoms with Crippen LogP contribution < -0.4 is 14.8 Å². The van der Waals surface area contributed by atoms with Crippen molar-refractivity contribution in [3.63, 3.8) is 0 Å². The predicted octanol–water partition coefficient (Wildman–Crippen LogP) is 2.31. The van der Waals surface area contributed by atoms with E-state index in [-0.39, 0.29) is 12.5 Å². The predicted molar refractivity (Wildman–Crippen MR) is 95.7 cm³/mol. The van der Waals surface area contributed by atoms with Crippen LogP contribution in [-0.2, 0) is 4.79 Å². The number of carbonyl (C=O) groups is 1. The molecule has 134 valence electrons. The summed E-state index contributed by atoms with van der Waals surface area (Å²) in [5, 5.41) is 13.8. The van der Waals surface area contributed by atoms with Crippen LogP contribution in [0.2, 0.25) is 0 Å². The molecule has 0 saturated heterocycles. The van der Waals surface area contributed by atoms with Crippen molar-refractivity contribution in [1.29, 1.82) is 0 Å². The van der Waals surface area contributed by atoms with Gasteiger partial charge in [0.2, 0.25) is 0 Å². The molecule has 0 unspecified atom stereocenters. The van der Waals surface area contributed by atoms with Crippen LogP contribution in [0, 0.1) is 13.8 Å². The van der Waals surface area contributed by atoms with E-state index in [0.29, 0.717) is 22.9 Å². The van der Waals surface area contributed by atoms with Gasteiger partial charge in [0.15, 0.2) is 6.61 Å². The van der Waals surface area contributed by atoms with Crippen molar-refractivity contribution in [2.45, 2.75) is 13.8 Å². The Morgan fingerprint density at radius 3 is 2.65 bits per heavy atom. The molecule has 0 saturated carbocycles. The van der Waals surface area contributed by atoms with Gasteiger partial charge in [-0.2, -0.15) is 0 Å². The molecule has 26 heavy (non-hydrogen) atoms. The number of rotatable bonds is 6. The topological polar surface area (TPSA) is 91.2 Å². The van der Waals surface area contributed by atoms with Crippen LogP contribution in [0.15, 0.2) is 42.7 Å². The van der Waals surface area contributed by atoms with E-state index in [1.165, 1.54) is 16.6 Å². The summed E-state index contributed by atoms with van der Waals surface area (Å²) in [6.45, 7) is 3.93. The Morgan fingerprint density at radius 1 is 1.12 bits per heavy atom. The first kappa shape index (κ1) is 17.4. The van der Waals surface area contributed by atoms with Crippen LogP contribution >= 0.6 is 0 Å². The smallest absolute Gasteiger partial charge is 0.262 e. The van der Waals surface area contributed by atoms with Crippen molar-refractivity contribution < 1.29 is 14.3 Å². The third kappa shape index (κ3) is 4.15. The van der Waals surface area contributed by atoms with E-state index in [4.69, 9.17) is 9.47 Å². The molecular weight excluding hydrogens is 334 g/mol. The van der Waals surface area contributed by atoms with E-state index in [9.17, 15) is 4.79 Å². The van der Waals surface area contributed by atoms with Gasteiger partial charge in [0, 0.05) is 17.8 Å². The number of hydrogen-bond donors (Lipinski definition) is 1. The fourth-order valence-corrected chi connectivity index (χ4v) is 2.33. The zero-order chi connectivity index (χ0) is 18.5. The molecule has 1 aromatic heterocycles. The third-order valence-electron chi connectivity index (χ3n) is 3.87. The Hall–Kier alpha value is -3.42. The summed E-state index contributed by atoms with van der Waals surface area (Å²) >= 11 is 0. The number of carbonyl (C=O) groups excluding carboxylic acids is 1. The zero-order valence-corrected chi connectivity index (χ0v) is 14.8. The van der Waals surface area contributed by atoms with Gasteiger partial charge in [-0.15, -0.1) is 5.10 Å². The average molecular weight is 353 g/mol. The van der Waals surface area contributed by atoms with E-state index in [0.717, 1.165) is 5.56 Å². The van der Waals surface area contributed by atoms with Gasteiger partial charge in [0.25, 0.3) is 5.91 Å². The van der Waals surface area contributed by atoms with Crippen LogP contribution in [0.4, 0.5) is 5.69 Å². The highest BCUT2D eigenvalue weighted by atomic mass is 16.5. The molecule has 0 spiro atoms. The SMILES string of the molecule is COc1cc(NC(=O)COc2ccc(C)c(C)c2)cc(-n2cnnn2)c1. The molecule has 2 aromatic carbocycles. The summed E-state index contributed by atoms with van der Waals surface area (Å²) in [6, 6.07) is 10.9. The summed E-state index contributed by atoms with van der Waals surface area (Å²) < 4.78 is 12.3. The number of nitrogens with zero attached hydrogens (tertiary/aromatic N) is 4. The lowest BCUT2D eigenvalue weighted by molar-refractivity contribution is -0.118. The second kappa shape index (κ2) is 7.64. The summed E-state index contributed by atoms with van der Waals surface area (Å²) in [5.74, 6) is 0.950. The van der Waals surface area contributed by atoms with Crippen molar-refractivity contribution >= 4 is 11.6 Å². The molecule has 0 atom stereocenters. The number of hydrogen-bond acceptors (Lipinski definition) is 6. The highest BCUT2D eigenvalue weighted by Crippen LogP contribution is 2.23.